The Morgan fingerprint density at radius 1 is 1.14 bits per heavy atom. The van der Waals surface area contributed by atoms with E-state index in [2.05, 4.69) is 40.0 Å². The number of oxazole rings is 1. The molecule has 3 aromatic rings. The fourth-order valence-electron chi connectivity index (χ4n) is 4.74. The van der Waals surface area contributed by atoms with Crippen LogP contribution in [0.3, 0.4) is 0 Å². The molecule has 1 aliphatic heterocycles. The number of fused-ring (bicyclic) bond motifs is 1. The van der Waals surface area contributed by atoms with Gasteiger partial charge in [-0.2, -0.15) is 0 Å². The molecule has 0 N–H and O–H groups in total. The molecule has 1 aliphatic carbocycles. The third-order valence-corrected chi connectivity index (χ3v) is 6.30. The average molecular weight is 393 g/mol. The molecule has 6 heteroatoms. The SMILES string of the molecule is Cc1nc(C(=O)N2CCC(Oc3cccc4c3ccn4C3CCCC3)CC2)co1. The number of hydrogen-bond acceptors (Lipinski definition) is 4. The standard InChI is InChI=1S/C23H27N3O3/c1-16-24-20(15-28-16)23(27)25-12-9-18(10-13-25)29-22-8-4-7-21-19(22)11-14-26(21)17-5-2-3-6-17/h4,7-8,11,14-15,17-18H,2-3,5-6,9-10,12-13H2,1H3. The highest BCUT2D eigenvalue weighted by Gasteiger charge is 2.27. The Balaban J connectivity index is 1.26. The summed E-state index contributed by atoms with van der Waals surface area (Å²) in [6, 6.07) is 9.17. The van der Waals surface area contributed by atoms with Gasteiger partial charge in [-0.05, 0) is 31.0 Å². The van der Waals surface area contributed by atoms with Crippen molar-refractivity contribution >= 4 is 16.8 Å². The normalized spacial score (nSPS) is 18.6. The second kappa shape index (κ2) is 7.58. The molecule has 5 rings (SSSR count). The zero-order chi connectivity index (χ0) is 19.8. The first-order valence-electron chi connectivity index (χ1n) is 10.7. The summed E-state index contributed by atoms with van der Waals surface area (Å²) in [6.45, 7) is 3.10. The number of hydrogen-bond donors (Lipinski definition) is 0. The molecule has 0 bridgehead atoms. The summed E-state index contributed by atoms with van der Waals surface area (Å²) in [4.78, 5) is 18.5. The van der Waals surface area contributed by atoms with Gasteiger partial charge in [0.2, 0.25) is 0 Å². The van der Waals surface area contributed by atoms with Gasteiger partial charge in [-0.25, -0.2) is 4.98 Å². The molecule has 2 aromatic heterocycles. The lowest BCUT2D eigenvalue weighted by Crippen LogP contribution is -2.41. The lowest BCUT2D eigenvalue weighted by molar-refractivity contribution is 0.0592. The Hall–Kier alpha value is -2.76. The molecule has 1 amide bonds. The van der Waals surface area contributed by atoms with Gasteiger partial charge in [0, 0.05) is 50.5 Å². The van der Waals surface area contributed by atoms with Gasteiger partial charge in [-0.15, -0.1) is 0 Å². The van der Waals surface area contributed by atoms with Crippen LogP contribution in [0, 0.1) is 6.92 Å². The van der Waals surface area contributed by atoms with Gasteiger partial charge in [0.1, 0.15) is 18.1 Å². The third-order valence-electron chi connectivity index (χ3n) is 6.30. The van der Waals surface area contributed by atoms with E-state index in [-0.39, 0.29) is 12.0 Å². The molecule has 1 saturated carbocycles. The van der Waals surface area contributed by atoms with Gasteiger partial charge in [-0.3, -0.25) is 4.79 Å². The van der Waals surface area contributed by atoms with Crippen LogP contribution in [-0.4, -0.2) is 39.6 Å². The van der Waals surface area contributed by atoms with E-state index in [1.807, 2.05) is 4.90 Å². The fraction of sp³-hybridized carbons (Fsp3) is 0.478. The fourth-order valence-corrected chi connectivity index (χ4v) is 4.74. The first-order chi connectivity index (χ1) is 14.2. The molecule has 6 nitrogen and oxygen atoms in total. The number of aryl methyl sites for hydroxylation is 1. The van der Waals surface area contributed by atoms with Crippen LogP contribution in [0.1, 0.15) is 60.9 Å². The minimum Gasteiger partial charge on any atom is -0.490 e. The van der Waals surface area contributed by atoms with Crippen molar-refractivity contribution in [2.75, 3.05) is 13.1 Å². The van der Waals surface area contributed by atoms with Crippen molar-refractivity contribution in [1.82, 2.24) is 14.5 Å². The summed E-state index contributed by atoms with van der Waals surface area (Å²) in [7, 11) is 0. The summed E-state index contributed by atoms with van der Waals surface area (Å²) in [5.74, 6) is 1.41. The van der Waals surface area contributed by atoms with E-state index in [1.165, 1.54) is 42.8 Å². The minimum absolute atomic E-state index is 0.0592. The highest BCUT2D eigenvalue weighted by Crippen LogP contribution is 2.36. The number of aromatic nitrogens is 2. The van der Waals surface area contributed by atoms with Crippen LogP contribution in [-0.2, 0) is 0 Å². The van der Waals surface area contributed by atoms with Gasteiger partial charge in [0.05, 0.1) is 5.52 Å². The summed E-state index contributed by atoms with van der Waals surface area (Å²) in [6.07, 6.45) is 10.6. The number of benzene rings is 1. The highest BCUT2D eigenvalue weighted by atomic mass is 16.5. The van der Waals surface area contributed by atoms with Gasteiger partial charge in [-0.1, -0.05) is 18.9 Å². The van der Waals surface area contributed by atoms with Crippen LogP contribution >= 0.6 is 0 Å². The molecule has 1 saturated heterocycles. The highest BCUT2D eigenvalue weighted by molar-refractivity contribution is 5.92. The van der Waals surface area contributed by atoms with Crippen molar-refractivity contribution in [3.8, 4) is 5.75 Å². The average Bonchev–Trinajstić information content (AvgIpc) is 3.48. The molecule has 152 valence electrons. The van der Waals surface area contributed by atoms with Gasteiger partial charge >= 0.3 is 0 Å². The lowest BCUT2D eigenvalue weighted by Gasteiger charge is -2.31. The molecular formula is C23H27N3O3. The van der Waals surface area contributed by atoms with Crippen molar-refractivity contribution in [2.24, 2.45) is 0 Å². The Labute approximate surface area is 170 Å². The number of rotatable bonds is 4. The van der Waals surface area contributed by atoms with Crippen LogP contribution in [0.5, 0.6) is 5.75 Å². The second-order valence-electron chi connectivity index (χ2n) is 8.21. The molecule has 0 radical (unpaired) electrons. The van der Waals surface area contributed by atoms with E-state index in [1.54, 1.807) is 6.92 Å². The zero-order valence-corrected chi connectivity index (χ0v) is 16.8. The molecule has 3 heterocycles. The number of ether oxygens (including phenoxy) is 1. The van der Waals surface area contributed by atoms with Crippen LogP contribution in [0.4, 0.5) is 0 Å². The van der Waals surface area contributed by atoms with Crippen molar-refractivity contribution in [3.05, 3.63) is 48.3 Å². The molecule has 0 spiro atoms. The van der Waals surface area contributed by atoms with Gasteiger partial charge in [0.15, 0.2) is 11.6 Å². The van der Waals surface area contributed by atoms with Gasteiger partial charge < -0.3 is 18.6 Å². The summed E-state index contributed by atoms with van der Waals surface area (Å²) < 4.78 is 14.0. The van der Waals surface area contributed by atoms with Crippen LogP contribution in [0.2, 0.25) is 0 Å². The largest absolute Gasteiger partial charge is 0.490 e. The van der Waals surface area contributed by atoms with Crippen molar-refractivity contribution < 1.29 is 13.9 Å². The van der Waals surface area contributed by atoms with Crippen molar-refractivity contribution in [2.45, 2.75) is 57.6 Å². The van der Waals surface area contributed by atoms with E-state index in [0.29, 0.717) is 30.7 Å². The topological polar surface area (TPSA) is 60.5 Å². The minimum atomic E-state index is -0.0592. The number of amides is 1. The van der Waals surface area contributed by atoms with E-state index >= 15 is 0 Å². The third kappa shape index (κ3) is 3.52. The van der Waals surface area contributed by atoms with Crippen molar-refractivity contribution in [3.63, 3.8) is 0 Å². The van der Waals surface area contributed by atoms with E-state index in [9.17, 15) is 4.79 Å². The summed E-state index contributed by atoms with van der Waals surface area (Å²) >= 11 is 0. The predicted molar refractivity (Wildman–Crippen MR) is 110 cm³/mol. The molecule has 2 aliphatic rings. The number of carbonyl (C=O) groups is 1. The molecule has 2 fully saturated rings. The Morgan fingerprint density at radius 3 is 2.66 bits per heavy atom. The van der Waals surface area contributed by atoms with Crippen molar-refractivity contribution in [1.29, 1.82) is 0 Å². The zero-order valence-electron chi connectivity index (χ0n) is 16.8. The van der Waals surface area contributed by atoms with Crippen LogP contribution in [0.25, 0.3) is 10.9 Å². The number of likely N-dealkylation sites (tertiary alicyclic amines) is 1. The second-order valence-corrected chi connectivity index (χ2v) is 8.21. The molecule has 1 aromatic carbocycles. The first-order valence-corrected chi connectivity index (χ1v) is 10.7. The molecule has 0 atom stereocenters. The maximum Gasteiger partial charge on any atom is 0.275 e. The van der Waals surface area contributed by atoms with Crippen LogP contribution < -0.4 is 4.74 Å². The maximum atomic E-state index is 12.5. The predicted octanol–water partition coefficient (Wildman–Crippen LogP) is 4.74. The molecule has 0 unspecified atom stereocenters. The Bertz CT molecular complexity index is 1010. The van der Waals surface area contributed by atoms with E-state index in [4.69, 9.17) is 9.15 Å². The number of nitrogens with zero attached hydrogens (tertiary/aromatic N) is 3. The lowest BCUT2D eigenvalue weighted by atomic mass is 10.1. The summed E-state index contributed by atoms with van der Waals surface area (Å²) in [5, 5.41) is 1.19. The van der Waals surface area contributed by atoms with Gasteiger partial charge in [0.25, 0.3) is 5.91 Å². The smallest absolute Gasteiger partial charge is 0.275 e. The van der Waals surface area contributed by atoms with E-state index < -0.39 is 0 Å². The van der Waals surface area contributed by atoms with E-state index in [0.717, 1.165) is 18.6 Å². The Morgan fingerprint density at radius 2 is 1.93 bits per heavy atom. The first kappa shape index (κ1) is 18.3. The summed E-state index contributed by atoms with van der Waals surface area (Å²) in [5.41, 5.74) is 1.66. The molecule has 29 heavy (non-hydrogen) atoms. The monoisotopic (exact) mass is 393 g/mol. The Kier molecular flexibility index (Phi) is 4.78. The number of carbonyl (C=O) groups excluding carboxylic acids is 1. The van der Waals surface area contributed by atoms with Crippen LogP contribution in [0.15, 0.2) is 41.1 Å². The maximum absolute atomic E-state index is 12.5. The number of piperidine rings is 1. The molecular weight excluding hydrogens is 366 g/mol. The quantitative estimate of drug-likeness (QED) is 0.643.